The number of rotatable bonds is 5. The Morgan fingerprint density at radius 2 is 1.91 bits per heavy atom. The van der Waals surface area contributed by atoms with Gasteiger partial charge in [0.25, 0.3) is 11.8 Å². The maximum atomic E-state index is 12.0. The van der Waals surface area contributed by atoms with Crippen molar-refractivity contribution in [2.75, 3.05) is 11.9 Å². The van der Waals surface area contributed by atoms with E-state index in [1.54, 1.807) is 24.3 Å². The number of amides is 2. The predicted octanol–water partition coefficient (Wildman–Crippen LogP) is 3.07. The van der Waals surface area contributed by atoms with Gasteiger partial charge in [0.05, 0.1) is 16.3 Å². The molecule has 2 aromatic rings. The molecule has 0 heterocycles. The summed E-state index contributed by atoms with van der Waals surface area (Å²) in [4.78, 5) is 23.3. The molecule has 23 heavy (non-hydrogen) atoms. The molecule has 0 bridgehead atoms. The summed E-state index contributed by atoms with van der Waals surface area (Å²) in [7, 11) is 0. The van der Waals surface area contributed by atoms with Crippen LogP contribution in [0.15, 0.2) is 36.4 Å². The van der Waals surface area contributed by atoms with E-state index in [-0.39, 0.29) is 23.8 Å². The van der Waals surface area contributed by atoms with Crippen molar-refractivity contribution in [1.29, 1.82) is 0 Å². The lowest BCUT2D eigenvalue weighted by Crippen LogP contribution is -2.22. The molecule has 0 saturated carbocycles. The lowest BCUT2D eigenvalue weighted by molar-refractivity contribution is -0.118. The van der Waals surface area contributed by atoms with E-state index in [2.05, 4.69) is 5.32 Å². The third-order valence-corrected chi connectivity index (χ3v) is 3.51. The van der Waals surface area contributed by atoms with E-state index < -0.39 is 5.91 Å². The molecule has 0 aliphatic carbocycles. The Labute approximate surface area is 139 Å². The monoisotopic (exact) mass is 332 g/mol. The van der Waals surface area contributed by atoms with Crippen molar-refractivity contribution in [3.8, 4) is 5.75 Å². The van der Waals surface area contributed by atoms with E-state index in [4.69, 9.17) is 22.1 Å². The Balaban J connectivity index is 2.06. The standard InChI is InChI=1S/C17H17ClN2O3/c1-10-7-11(2)16(13(18)8-10)20-15(21)9-23-14-6-4-3-5-12(14)17(19)22/h3-8H,9H2,1-2H3,(H2,19,22)(H,20,21). The Hall–Kier alpha value is -2.53. The molecule has 0 fully saturated rings. The first kappa shape index (κ1) is 16.8. The van der Waals surface area contributed by atoms with Gasteiger partial charge in [-0.1, -0.05) is 29.8 Å². The Kier molecular flexibility index (Phi) is 5.24. The number of primary amides is 1. The molecule has 5 nitrogen and oxygen atoms in total. The summed E-state index contributed by atoms with van der Waals surface area (Å²) in [6.07, 6.45) is 0. The third kappa shape index (κ3) is 4.23. The molecule has 0 saturated heterocycles. The van der Waals surface area contributed by atoms with E-state index >= 15 is 0 Å². The van der Waals surface area contributed by atoms with Crippen LogP contribution in [0.1, 0.15) is 21.5 Å². The van der Waals surface area contributed by atoms with Crippen LogP contribution in [0.4, 0.5) is 5.69 Å². The minimum atomic E-state index is -0.613. The minimum Gasteiger partial charge on any atom is -0.483 e. The number of halogens is 1. The molecule has 2 rings (SSSR count). The van der Waals surface area contributed by atoms with Gasteiger partial charge in [0.2, 0.25) is 0 Å². The lowest BCUT2D eigenvalue weighted by atomic mass is 10.1. The number of nitrogens with one attached hydrogen (secondary N) is 1. The van der Waals surface area contributed by atoms with Crippen molar-refractivity contribution in [2.45, 2.75) is 13.8 Å². The number of anilines is 1. The first-order valence-corrected chi connectivity index (χ1v) is 7.34. The summed E-state index contributed by atoms with van der Waals surface area (Å²) in [5.74, 6) is -0.724. The predicted molar refractivity (Wildman–Crippen MR) is 90.0 cm³/mol. The molecule has 0 atom stereocenters. The fourth-order valence-corrected chi connectivity index (χ4v) is 2.56. The van der Waals surface area contributed by atoms with Gasteiger partial charge in [-0.25, -0.2) is 0 Å². The maximum absolute atomic E-state index is 12.0. The average molecular weight is 333 g/mol. The van der Waals surface area contributed by atoms with Crippen molar-refractivity contribution in [2.24, 2.45) is 5.73 Å². The van der Waals surface area contributed by atoms with Gasteiger partial charge in [-0.2, -0.15) is 0 Å². The van der Waals surface area contributed by atoms with Crippen LogP contribution in [-0.2, 0) is 4.79 Å². The topological polar surface area (TPSA) is 81.4 Å². The second-order valence-corrected chi connectivity index (χ2v) is 5.54. The van der Waals surface area contributed by atoms with E-state index in [9.17, 15) is 9.59 Å². The number of carbonyl (C=O) groups is 2. The number of aryl methyl sites for hydroxylation is 2. The number of hydrogen-bond donors (Lipinski definition) is 2. The van der Waals surface area contributed by atoms with Crippen LogP contribution < -0.4 is 15.8 Å². The van der Waals surface area contributed by atoms with Gasteiger partial charge in [-0.3, -0.25) is 9.59 Å². The molecule has 0 spiro atoms. The fraction of sp³-hybridized carbons (Fsp3) is 0.176. The second kappa shape index (κ2) is 7.15. The van der Waals surface area contributed by atoms with Gasteiger partial charge in [0.1, 0.15) is 5.75 Å². The second-order valence-electron chi connectivity index (χ2n) is 5.14. The molecule has 2 amide bonds. The maximum Gasteiger partial charge on any atom is 0.262 e. The number of ether oxygens (including phenoxy) is 1. The highest BCUT2D eigenvalue weighted by molar-refractivity contribution is 6.34. The first-order chi connectivity index (χ1) is 10.9. The molecule has 0 aliphatic rings. The molecule has 0 aromatic heterocycles. The quantitative estimate of drug-likeness (QED) is 0.882. The van der Waals surface area contributed by atoms with Gasteiger partial charge in [0.15, 0.2) is 6.61 Å². The van der Waals surface area contributed by atoms with Crippen LogP contribution in [0.25, 0.3) is 0 Å². The van der Waals surface area contributed by atoms with E-state index in [0.29, 0.717) is 10.7 Å². The van der Waals surface area contributed by atoms with Gasteiger partial charge in [-0.15, -0.1) is 0 Å². The summed E-state index contributed by atoms with van der Waals surface area (Å²) >= 11 is 6.15. The highest BCUT2D eigenvalue weighted by atomic mass is 35.5. The van der Waals surface area contributed by atoms with Gasteiger partial charge in [0, 0.05) is 0 Å². The number of benzene rings is 2. The van der Waals surface area contributed by atoms with Crippen molar-refractivity contribution in [3.05, 3.63) is 58.1 Å². The zero-order valence-electron chi connectivity index (χ0n) is 12.9. The van der Waals surface area contributed by atoms with Crippen LogP contribution in [0, 0.1) is 13.8 Å². The molecule has 120 valence electrons. The summed E-state index contributed by atoms with van der Waals surface area (Å²) in [5.41, 5.74) is 7.91. The summed E-state index contributed by atoms with van der Waals surface area (Å²) in [6, 6.07) is 10.2. The van der Waals surface area contributed by atoms with Crippen molar-refractivity contribution < 1.29 is 14.3 Å². The SMILES string of the molecule is Cc1cc(C)c(NC(=O)COc2ccccc2C(N)=O)c(Cl)c1. The van der Waals surface area contributed by atoms with E-state index in [1.807, 2.05) is 19.9 Å². The van der Waals surface area contributed by atoms with Crippen molar-refractivity contribution in [3.63, 3.8) is 0 Å². The molecule has 6 heteroatoms. The van der Waals surface area contributed by atoms with E-state index in [1.165, 1.54) is 6.07 Å². The summed E-state index contributed by atoms with van der Waals surface area (Å²) < 4.78 is 5.38. The zero-order valence-corrected chi connectivity index (χ0v) is 13.6. The van der Waals surface area contributed by atoms with Crippen LogP contribution in [0.5, 0.6) is 5.75 Å². The lowest BCUT2D eigenvalue weighted by Gasteiger charge is -2.13. The highest BCUT2D eigenvalue weighted by Gasteiger charge is 2.12. The van der Waals surface area contributed by atoms with Crippen LogP contribution in [0.2, 0.25) is 5.02 Å². The van der Waals surface area contributed by atoms with Crippen LogP contribution in [-0.4, -0.2) is 18.4 Å². The van der Waals surface area contributed by atoms with Crippen LogP contribution >= 0.6 is 11.6 Å². The molecule has 0 radical (unpaired) electrons. The zero-order chi connectivity index (χ0) is 17.0. The fourth-order valence-electron chi connectivity index (χ4n) is 2.19. The Morgan fingerprint density at radius 1 is 1.22 bits per heavy atom. The Bertz CT molecular complexity index is 736. The highest BCUT2D eigenvalue weighted by Crippen LogP contribution is 2.27. The van der Waals surface area contributed by atoms with E-state index in [0.717, 1.165) is 11.1 Å². The van der Waals surface area contributed by atoms with Crippen LogP contribution in [0.3, 0.4) is 0 Å². The average Bonchev–Trinajstić information content (AvgIpc) is 2.49. The Morgan fingerprint density at radius 3 is 2.57 bits per heavy atom. The number of para-hydroxylation sites is 1. The summed E-state index contributed by atoms with van der Waals surface area (Å²) in [5, 5.41) is 3.18. The number of nitrogens with two attached hydrogens (primary N) is 1. The molecular formula is C17H17ClN2O3. The summed E-state index contributed by atoms with van der Waals surface area (Å²) in [6.45, 7) is 3.53. The molecule has 0 aliphatic heterocycles. The largest absolute Gasteiger partial charge is 0.483 e. The molecule has 0 unspecified atom stereocenters. The molecule has 2 aromatic carbocycles. The van der Waals surface area contributed by atoms with Crippen molar-refractivity contribution >= 4 is 29.1 Å². The third-order valence-electron chi connectivity index (χ3n) is 3.21. The van der Waals surface area contributed by atoms with Crippen molar-refractivity contribution in [1.82, 2.24) is 0 Å². The smallest absolute Gasteiger partial charge is 0.262 e. The number of carbonyl (C=O) groups excluding carboxylic acids is 2. The number of hydrogen-bond acceptors (Lipinski definition) is 3. The normalized spacial score (nSPS) is 10.2. The first-order valence-electron chi connectivity index (χ1n) is 6.96. The van der Waals surface area contributed by atoms with Gasteiger partial charge < -0.3 is 15.8 Å². The van der Waals surface area contributed by atoms with Gasteiger partial charge in [-0.05, 0) is 43.2 Å². The molecule has 3 N–H and O–H groups in total. The molecular weight excluding hydrogens is 316 g/mol. The minimum absolute atomic E-state index is 0.227. The van der Waals surface area contributed by atoms with Gasteiger partial charge >= 0.3 is 0 Å².